The van der Waals surface area contributed by atoms with Crippen LogP contribution in [0.3, 0.4) is 0 Å². The van der Waals surface area contributed by atoms with Crippen molar-refractivity contribution in [2.24, 2.45) is 0 Å². The number of benzene rings is 2. The van der Waals surface area contributed by atoms with Crippen LogP contribution in [0.25, 0.3) is 11.1 Å². The van der Waals surface area contributed by atoms with E-state index in [2.05, 4.69) is 5.32 Å². The van der Waals surface area contributed by atoms with Crippen molar-refractivity contribution in [2.75, 3.05) is 7.11 Å². The van der Waals surface area contributed by atoms with E-state index in [1.165, 1.54) is 42.0 Å². The van der Waals surface area contributed by atoms with Crippen molar-refractivity contribution in [1.29, 1.82) is 0 Å². The number of non-ortho nitro benzene ring substituents is 1. The second-order valence-electron chi connectivity index (χ2n) is 6.72. The Morgan fingerprint density at radius 2 is 2.10 bits per heavy atom. The first kappa shape index (κ1) is 21.0. The topological polar surface area (TPSA) is 117 Å². The van der Waals surface area contributed by atoms with E-state index in [1.54, 1.807) is 13.0 Å². The first-order valence-corrected chi connectivity index (χ1v) is 9.20. The number of nitro benzene ring substituents is 1. The minimum absolute atomic E-state index is 0.119. The standard InChI is InChI=1S/C20H20FN3O6/c1-12(13-5-8-17(29-2)15(21)10-13)22-19(25)4-3-9-23-16-7-6-14(24(27)28)11-18(16)30-20(23)26/h5-8,10-12H,3-4,9H2,1-2H3,(H,22,25)/t12-/m1/s1. The molecule has 0 aliphatic carbocycles. The van der Waals surface area contributed by atoms with Gasteiger partial charge in [0.05, 0.1) is 29.7 Å². The van der Waals surface area contributed by atoms with Crippen LogP contribution in [0.4, 0.5) is 10.1 Å². The molecule has 0 fully saturated rings. The average molecular weight is 417 g/mol. The molecule has 3 aromatic rings. The van der Waals surface area contributed by atoms with Crippen LogP contribution >= 0.6 is 0 Å². The number of fused-ring (bicyclic) bond motifs is 1. The van der Waals surface area contributed by atoms with Crippen LogP contribution in [-0.4, -0.2) is 22.5 Å². The molecule has 1 N–H and O–H groups in total. The number of halogens is 1. The van der Waals surface area contributed by atoms with Gasteiger partial charge in [-0.05, 0) is 37.1 Å². The number of hydrogen-bond acceptors (Lipinski definition) is 6. The zero-order chi connectivity index (χ0) is 21.8. The van der Waals surface area contributed by atoms with Gasteiger partial charge < -0.3 is 14.5 Å². The molecule has 10 heteroatoms. The SMILES string of the molecule is COc1ccc([C@@H](C)NC(=O)CCCn2c(=O)oc3cc([N+](=O)[O-])ccc32)cc1F. The van der Waals surface area contributed by atoms with Gasteiger partial charge in [0.15, 0.2) is 17.1 Å². The number of nitro groups is 1. The van der Waals surface area contributed by atoms with E-state index >= 15 is 0 Å². The normalized spacial score (nSPS) is 12.0. The molecule has 30 heavy (non-hydrogen) atoms. The van der Waals surface area contributed by atoms with Crippen molar-refractivity contribution >= 4 is 22.7 Å². The predicted molar refractivity (Wildman–Crippen MR) is 106 cm³/mol. The van der Waals surface area contributed by atoms with Crippen molar-refractivity contribution in [3.8, 4) is 5.75 Å². The number of carbonyl (C=O) groups excluding carboxylic acids is 1. The molecule has 158 valence electrons. The third-order valence-corrected chi connectivity index (χ3v) is 4.70. The van der Waals surface area contributed by atoms with Crippen LogP contribution in [0.15, 0.2) is 45.6 Å². The highest BCUT2D eigenvalue weighted by Gasteiger charge is 2.15. The minimum atomic E-state index is -0.645. The highest BCUT2D eigenvalue weighted by Crippen LogP contribution is 2.22. The zero-order valence-corrected chi connectivity index (χ0v) is 16.4. The van der Waals surface area contributed by atoms with E-state index in [9.17, 15) is 24.1 Å². The molecule has 1 amide bonds. The maximum atomic E-state index is 13.8. The molecule has 2 aromatic carbocycles. The summed E-state index contributed by atoms with van der Waals surface area (Å²) in [6, 6.07) is 7.98. The molecule has 0 unspecified atom stereocenters. The molecule has 0 saturated carbocycles. The van der Waals surface area contributed by atoms with Crippen molar-refractivity contribution in [2.45, 2.75) is 32.4 Å². The fourth-order valence-electron chi connectivity index (χ4n) is 3.13. The van der Waals surface area contributed by atoms with Crippen molar-refractivity contribution < 1.29 is 23.3 Å². The molecule has 9 nitrogen and oxygen atoms in total. The Kier molecular flexibility index (Phi) is 6.14. The second kappa shape index (κ2) is 8.76. The number of carbonyl (C=O) groups is 1. The van der Waals surface area contributed by atoms with Crippen LogP contribution < -0.4 is 15.8 Å². The van der Waals surface area contributed by atoms with E-state index in [0.29, 0.717) is 17.5 Å². The zero-order valence-electron chi connectivity index (χ0n) is 16.4. The molecule has 1 atom stereocenters. The summed E-state index contributed by atoms with van der Waals surface area (Å²) in [5.74, 6) is -1.29. The first-order valence-electron chi connectivity index (χ1n) is 9.20. The summed E-state index contributed by atoms with van der Waals surface area (Å²) in [5, 5.41) is 13.6. The molecule has 3 rings (SSSR count). The highest BCUT2D eigenvalue weighted by molar-refractivity contribution is 5.77. The number of nitrogens with zero attached hydrogens (tertiary/aromatic N) is 2. The number of nitrogens with one attached hydrogen (secondary N) is 1. The van der Waals surface area contributed by atoms with E-state index in [-0.39, 0.29) is 35.9 Å². The molecular formula is C20H20FN3O6. The van der Waals surface area contributed by atoms with Gasteiger partial charge in [-0.2, -0.15) is 0 Å². The summed E-state index contributed by atoms with van der Waals surface area (Å²) in [4.78, 5) is 34.5. The average Bonchev–Trinajstić information content (AvgIpc) is 3.02. The number of hydrogen-bond donors (Lipinski definition) is 1. The maximum absolute atomic E-state index is 13.8. The van der Waals surface area contributed by atoms with Crippen molar-refractivity contribution in [1.82, 2.24) is 9.88 Å². The Labute approximate surface area is 170 Å². The van der Waals surface area contributed by atoms with Gasteiger partial charge in [0, 0.05) is 19.0 Å². The van der Waals surface area contributed by atoms with Gasteiger partial charge in [-0.25, -0.2) is 9.18 Å². The summed E-state index contributed by atoms with van der Waals surface area (Å²) in [5.41, 5.74) is 0.967. The van der Waals surface area contributed by atoms with E-state index < -0.39 is 22.5 Å². The lowest BCUT2D eigenvalue weighted by Gasteiger charge is -2.15. The Morgan fingerprint density at radius 3 is 2.77 bits per heavy atom. The van der Waals surface area contributed by atoms with Gasteiger partial charge in [0.2, 0.25) is 5.91 Å². The summed E-state index contributed by atoms with van der Waals surface area (Å²) in [6.45, 7) is 1.95. The molecule has 1 heterocycles. The molecule has 0 bridgehead atoms. The number of aryl methyl sites for hydroxylation is 1. The molecule has 0 radical (unpaired) electrons. The molecular weight excluding hydrogens is 397 g/mol. The van der Waals surface area contributed by atoms with Crippen molar-refractivity contribution in [3.05, 3.63) is 68.4 Å². The lowest BCUT2D eigenvalue weighted by Crippen LogP contribution is -2.27. The largest absolute Gasteiger partial charge is 0.494 e. The number of oxazole rings is 1. The molecule has 0 aliphatic rings. The molecule has 1 aromatic heterocycles. The predicted octanol–water partition coefficient (Wildman–Crippen LogP) is 3.31. The monoisotopic (exact) mass is 417 g/mol. The number of ether oxygens (including phenoxy) is 1. The van der Waals surface area contributed by atoms with Gasteiger partial charge in [0.25, 0.3) is 5.69 Å². The van der Waals surface area contributed by atoms with Crippen LogP contribution in [-0.2, 0) is 11.3 Å². The van der Waals surface area contributed by atoms with Crippen LogP contribution in [0, 0.1) is 15.9 Å². The van der Waals surface area contributed by atoms with E-state index in [4.69, 9.17) is 9.15 Å². The molecule has 0 spiro atoms. The summed E-state index contributed by atoms with van der Waals surface area (Å²) in [6.07, 6.45) is 0.482. The fourth-order valence-corrected chi connectivity index (χ4v) is 3.13. The minimum Gasteiger partial charge on any atom is -0.494 e. The number of methoxy groups -OCH3 is 1. The molecule has 0 aliphatic heterocycles. The van der Waals surface area contributed by atoms with Crippen LogP contribution in [0.1, 0.15) is 31.4 Å². The first-order chi connectivity index (χ1) is 14.3. The van der Waals surface area contributed by atoms with E-state index in [1.807, 2.05) is 0 Å². The van der Waals surface area contributed by atoms with Crippen LogP contribution in [0.5, 0.6) is 5.75 Å². The fraction of sp³-hybridized carbons (Fsp3) is 0.300. The van der Waals surface area contributed by atoms with Gasteiger partial charge >= 0.3 is 5.76 Å². The van der Waals surface area contributed by atoms with Gasteiger partial charge in [-0.1, -0.05) is 6.07 Å². The van der Waals surface area contributed by atoms with Crippen molar-refractivity contribution in [3.63, 3.8) is 0 Å². The third-order valence-electron chi connectivity index (χ3n) is 4.70. The Bertz CT molecular complexity index is 1150. The highest BCUT2D eigenvalue weighted by atomic mass is 19.1. The van der Waals surface area contributed by atoms with Gasteiger partial charge in [0.1, 0.15) is 0 Å². The van der Waals surface area contributed by atoms with Gasteiger partial charge in [-0.15, -0.1) is 0 Å². The van der Waals surface area contributed by atoms with E-state index in [0.717, 1.165) is 0 Å². The number of rotatable bonds is 8. The number of amides is 1. The Hall–Kier alpha value is -3.69. The van der Waals surface area contributed by atoms with Gasteiger partial charge in [-0.3, -0.25) is 19.5 Å². The lowest BCUT2D eigenvalue weighted by atomic mass is 10.1. The van der Waals surface area contributed by atoms with Crippen LogP contribution in [0.2, 0.25) is 0 Å². The Balaban J connectivity index is 1.59. The molecule has 0 saturated heterocycles. The smallest absolute Gasteiger partial charge is 0.419 e. The number of aromatic nitrogens is 1. The maximum Gasteiger partial charge on any atom is 0.419 e. The summed E-state index contributed by atoms with van der Waals surface area (Å²) >= 11 is 0. The quantitative estimate of drug-likeness (QED) is 0.444. The lowest BCUT2D eigenvalue weighted by molar-refractivity contribution is -0.384. The summed E-state index contributed by atoms with van der Waals surface area (Å²) in [7, 11) is 1.37. The third kappa shape index (κ3) is 4.48. The summed E-state index contributed by atoms with van der Waals surface area (Å²) < 4.78 is 25.1. The Morgan fingerprint density at radius 1 is 1.33 bits per heavy atom. The second-order valence-corrected chi connectivity index (χ2v) is 6.72.